The fourth-order valence-corrected chi connectivity index (χ4v) is 2.24. The number of hydrogen-bond donors (Lipinski definition) is 1. The van der Waals surface area contributed by atoms with Crippen LogP contribution in [0, 0.1) is 0 Å². The van der Waals surface area contributed by atoms with Crippen LogP contribution in [0.15, 0.2) is 24.3 Å². The van der Waals surface area contributed by atoms with E-state index in [4.69, 9.17) is 0 Å². The summed E-state index contributed by atoms with van der Waals surface area (Å²) in [6.45, 7) is 1.51. The van der Waals surface area contributed by atoms with E-state index in [-0.39, 0.29) is 12.5 Å². The number of rotatable bonds is 2. The van der Waals surface area contributed by atoms with Gasteiger partial charge in [-0.1, -0.05) is 28.1 Å². The summed E-state index contributed by atoms with van der Waals surface area (Å²) in [5.41, 5.74) is 1.52. The zero-order chi connectivity index (χ0) is 14.0. The van der Waals surface area contributed by atoms with Crippen LogP contribution < -0.4 is 5.32 Å². The Morgan fingerprint density at radius 2 is 2.00 bits per heavy atom. The topological polar surface area (TPSA) is 66.5 Å². The third-order valence-electron chi connectivity index (χ3n) is 3.04. The molecule has 0 aromatic heterocycles. The van der Waals surface area contributed by atoms with Crippen LogP contribution in [-0.4, -0.2) is 35.2 Å². The lowest BCUT2D eigenvalue weighted by atomic mass is 10.1. The molecule has 0 bridgehead atoms. The maximum Gasteiger partial charge on any atom is 0.254 e. The van der Waals surface area contributed by atoms with Crippen molar-refractivity contribution in [2.45, 2.75) is 18.3 Å². The highest BCUT2D eigenvalue weighted by atomic mass is 79.9. The van der Waals surface area contributed by atoms with Gasteiger partial charge in [0, 0.05) is 10.9 Å². The maximum atomic E-state index is 12.3. The van der Waals surface area contributed by atoms with Crippen molar-refractivity contribution in [3.63, 3.8) is 0 Å². The average Bonchev–Trinajstić information content (AvgIpc) is 2.42. The van der Waals surface area contributed by atoms with Crippen molar-refractivity contribution in [3.05, 3.63) is 35.4 Å². The quantitative estimate of drug-likeness (QED) is 0.653. The number of hydrogen-bond acceptors (Lipinski definition) is 3. The van der Waals surface area contributed by atoms with Gasteiger partial charge in [0.2, 0.25) is 11.8 Å². The molecule has 1 heterocycles. The second-order valence-electron chi connectivity index (χ2n) is 4.35. The van der Waals surface area contributed by atoms with E-state index in [1.54, 1.807) is 19.1 Å². The first-order valence-corrected chi connectivity index (χ1v) is 6.94. The number of alkyl halides is 1. The van der Waals surface area contributed by atoms with E-state index in [9.17, 15) is 14.4 Å². The van der Waals surface area contributed by atoms with E-state index >= 15 is 0 Å². The van der Waals surface area contributed by atoms with Crippen LogP contribution in [0.3, 0.4) is 0 Å². The summed E-state index contributed by atoms with van der Waals surface area (Å²) in [4.78, 5) is 36.4. The van der Waals surface area contributed by atoms with Crippen LogP contribution >= 0.6 is 15.9 Å². The molecule has 5 nitrogen and oxygen atoms in total. The standard InChI is InChI=1S/C13H13BrN2O3/c1-8-12(18)15-11(17)7-16(8)13(19)10-4-2-9(6-14)3-5-10/h2-5,8H,6-7H2,1H3,(H,15,17,18). The second kappa shape index (κ2) is 5.52. The maximum absolute atomic E-state index is 12.3. The van der Waals surface area contributed by atoms with Gasteiger partial charge in [0.15, 0.2) is 0 Å². The first-order valence-electron chi connectivity index (χ1n) is 5.82. The lowest BCUT2D eigenvalue weighted by Crippen LogP contribution is -2.58. The molecule has 1 aromatic rings. The largest absolute Gasteiger partial charge is 0.318 e. The molecule has 19 heavy (non-hydrogen) atoms. The SMILES string of the molecule is CC1C(=O)NC(=O)CN1C(=O)c1ccc(CBr)cc1. The normalized spacial score (nSPS) is 19.3. The summed E-state index contributed by atoms with van der Waals surface area (Å²) in [5, 5.41) is 2.92. The Morgan fingerprint density at radius 1 is 1.37 bits per heavy atom. The number of benzene rings is 1. The molecular weight excluding hydrogens is 312 g/mol. The molecule has 1 atom stereocenters. The predicted molar refractivity (Wildman–Crippen MR) is 72.7 cm³/mol. The van der Waals surface area contributed by atoms with Gasteiger partial charge in [0.1, 0.15) is 12.6 Å². The fourth-order valence-electron chi connectivity index (χ4n) is 1.86. The molecule has 2 rings (SSSR count). The molecule has 0 radical (unpaired) electrons. The number of halogens is 1. The van der Waals surface area contributed by atoms with Gasteiger partial charge in [-0.15, -0.1) is 0 Å². The number of amides is 3. The van der Waals surface area contributed by atoms with E-state index in [2.05, 4.69) is 21.2 Å². The Labute approximate surface area is 119 Å². The lowest BCUT2D eigenvalue weighted by molar-refractivity contribution is -0.138. The minimum absolute atomic E-state index is 0.0913. The Balaban J connectivity index is 2.22. The molecule has 1 N–H and O–H groups in total. The highest BCUT2D eigenvalue weighted by Gasteiger charge is 2.33. The molecule has 0 aliphatic carbocycles. The summed E-state index contributed by atoms with van der Waals surface area (Å²) < 4.78 is 0. The highest BCUT2D eigenvalue weighted by Crippen LogP contribution is 2.13. The number of nitrogens with one attached hydrogen (secondary N) is 1. The summed E-state index contributed by atoms with van der Waals surface area (Å²) in [6, 6.07) is 6.42. The first-order chi connectivity index (χ1) is 9.02. The van der Waals surface area contributed by atoms with E-state index in [1.165, 1.54) is 4.90 Å². The van der Waals surface area contributed by atoms with Crippen molar-refractivity contribution in [3.8, 4) is 0 Å². The van der Waals surface area contributed by atoms with Gasteiger partial charge in [-0.3, -0.25) is 19.7 Å². The minimum Gasteiger partial charge on any atom is -0.318 e. The van der Waals surface area contributed by atoms with Crippen LogP contribution in [0.25, 0.3) is 0 Å². The lowest BCUT2D eigenvalue weighted by Gasteiger charge is -2.31. The van der Waals surface area contributed by atoms with Crippen LogP contribution in [0.1, 0.15) is 22.8 Å². The molecule has 0 spiro atoms. The van der Waals surface area contributed by atoms with Crippen LogP contribution in [-0.2, 0) is 14.9 Å². The zero-order valence-electron chi connectivity index (χ0n) is 10.4. The van der Waals surface area contributed by atoms with Crippen LogP contribution in [0.5, 0.6) is 0 Å². The molecule has 100 valence electrons. The van der Waals surface area contributed by atoms with Gasteiger partial charge >= 0.3 is 0 Å². The smallest absolute Gasteiger partial charge is 0.254 e. The Kier molecular flexibility index (Phi) is 3.99. The van der Waals surface area contributed by atoms with E-state index in [0.717, 1.165) is 5.56 Å². The van der Waals surface area contributed by atoms with Gasteiger partial charge in [-0.25, -0.2) is 0 Å². The van der Waals surface area contributed by atoms with Crippen molar-refractivity contribution < 1.29 is 14.4 Å². The summed E-state index contributed by atoms with van der Waals surface area (Å²) >= 11 is 3.33. The van der Waals surface area contributed by atoms with Gasteiger partial charge < -0.3 is 4.90 Å². The highest BCUT2D eigenvalue weighted by molar-refractivity contribution is 9.08. The molecule has 1 unspecified atom stereocenters. The predicted octanol–water partition coefficient (Wildman–Crippen LogP) is 1.07. The monoisotopic (exact) mass is 324 g/mol. The number of imide groups is 1. The van der Waals surface area contributed by atoms with Crippen LogP contribution in [0.2, 0.25) is 0 Å². The first kappa shape index (κ1) is 13.7. The van der Waals surface area contributed by atoms with Crippen molar-refractivity contribution >= 4 is 33.7 Å². The number of nitrogens with zero attached hydrogens (tertiary/aromatic N) is 1. The number of carbonyl (C=O) groups excluding carboxylic acids is 3. The molecule has 1 fully saturated rings. The third kappa shape index (κ3) is 2.84. The van der Waals surface area contributed by atoms with E-state index in [1.807, 2.05) is 12.1 Å². The second-order valence-corrected chi connectivity index (χ2v) is 4.91. The van der Waals surface area contributed by atoms with Crippen molar-refractivity contribution in [1.29, 1.82) is 0 Å². The average molecular weight is 325 g/mol. The van der Waals surface area contributed by atoms with Gasteiger partial charge in [0.05, 0.1) is 0 Å². The molecule has 0 saturated carbocycles. The molecule has 6 heteroatoms. The fraction of sp³-hybridized carbons (Fsp3) is 0.308. The molecule has 1 aromatic carbocycles. The number of piperazine rings is 1. The van der Waals surface area contributed by atoms with E-state index in [0.29, 0.717) is 10.9 Å². The Hall–Kier alpha value is -1.69. The van der Waals surface area contributed by atoms with Crippen molar-refractivity contribution in [2.75, 3.05) is 6.54 Å². The minimum atomic E-state index is -0.638. The summed E-state index contributed by atoms with van der Waals surface area (Å²) in [6.07, 6.45) is 0. The summed E-state index contributed by atoms with van der Waals surface area (Å²) in [5.74, 6) is -1.20. The van der Waals surface area contributed by atoms with Gasteiger partial charge in [-0.05, 0) is 24.6 Å². The van der Waals surface area contributed by atoms with E-state index < -0.39 is 17.9 Å². The van der Waals surface area contributed by atoms with Crippen molar-refractivity contribution in [1.82, 2.24) is 10.2 Å². The molecule has 1 aliphatic rings. The van der Waals surface area contributed by atoms with Gasteiger partial charge in [0.25, 0.3) is 5.91 Å². The van der Waals surface area contributed by atoms with Crippen molar-refractivity contribution in [2.24, 2.45) is 0 Å². The molecule has 1 aliphatic heterocycles. The summed E-state index contributed by atoms with van der Waals surface area (Å²) in [7, 11) is 0. The van der Waals surface area contributed by atoms with Gasteiger partial charge in [-0.2, -0.15) is 0 Å². The number of carbonyl (C=O) groups is 3. The Bertz CT molecular complexity index is 527. The molecular formula is C13H13BrN2O3. The third-order valence-corrected chi connectivity index (χ3v) is 3.69. The zero-order valence-corrected chi connectivity index (χ0v) is 11.9. The molecule has 3 amide bonds. The molecule has 1 saturated heterocycles. The Morgan fingerprint density at radius 3 is 2.58 bits per heavy atom. The van der Waals surface area contributed by atoms with Crippen LogP contribution in [0.4, 0.5) is 0 Å².